The van der Waals surface area contributed by atoms with E-state index in [9.17, 15) is 9.59 Å². The van der Waals surface area contributed by atoms with Crippen LogP contribution in [0, 0.1) is 0 Å². The number of hydrogen-bond acceptors (Lipinski definition) is 8. The minimum atomic E-state index is -0.647. The summed E-state index contributed by atoms with van der Waals surface area (Å²) in [6.07, 6.45) is 7.06. The van der Waals surface area contributed by atoms with Crippen LogP contribution >= 0.6 is 11.9 Å². The van der Waals surface area contributed by atoms with Crippen LogP contribution < -0.4 is 31.3 Å². The average molecular weight is 455 g/mol. The van der Waals surface area contributed by atoms with Crippen molar-refractivity contribution in [2.75, 3.05) is 28.6 Å². The van der Waals surface area contributed by atoms with Gasteiger partial charge in [-0.15, -0.1) is 0 Å². The number of para-hydroxylation sites is 1. The maximum Gasteiger partial charge on any atom is 0.319 e. The molecule has 2 aliphatic rings. The normalized spacial score (nSPS) is 22.2. The Labute approximate surface area is 190 Å². The van der Waals surface area contributed by atoms with Crippen molar-refractivity contribution in [2.24, 2.45) is 5.73 Å². The van der Waals surface area contributed by atoms with E-state index in [0.717, 1.165) is 25.1 Å². The number of rotatable bonds is 6. The summed E-state index contributed by atoms with van der Waals surface area (Å²) in [6.45, 7) is 3.31. The number of benzene rings is 1. The van der Waals surface area contributed by atoms with Gasteiger partial charge in [-0.25, -0.2) is 14.8 Å². The van der Waals surface area contributed by atoms with E-state index in [1.807, 2.05) is 49.5 Å². The summed E-state index contributed by atoms with van der Waals surface area (Å²) in [5.41, 5.74) is 6.34. The molecule has 1 saturated heterocycles. The molecule has 10 nitrogen and oxygen atoms in total. The zero-order chi connectivity index (χ0) is 22.6. The SMILES string of the molecule is CC1(Nc2nc(N3CCC[C@@H](NC(=O)Nc4ccccc4)C3)cnc2C(N)=O)C=CNS1. The van der Waals surface area contributed by atoms with Gasteiger partial charge in [0.1, 0.15) is 10.7 Å². The van der Waals surface area contributed by atoms with E-state index in [1.165, 1.54) is 11.9 Å². The lowest BCUT2D eigenvalue weighted by molar-refractivity contribution is 0.0996. The van der Waals surface area contributed by atoms with Gasteiger partial charge in [0.25, 0.3) is 5.91 Å². The van der Waals surface area contributed by atoms with E-state index in [0.29, 0.717) is 18.2 Å². The number of carbonyl (C=O) groups is 2. The molecule has 4 rings (SSSR count). The predicted molar refractivity (Wildman–Crippen MR) is 126 cm³/mol. The van der Waals surface area contributed by atoms with Crippen molar-refractivity contribution in [1.29, 1.82) is 0 Å². The summed E-state index contributed by atoms with van der Waals surface area (Å²) in [4.78, 5) is 34.8. The molecule has 1 fully saturated rings. The molecular weight excluding hydrogens is 428 g/mol. The van der Waals surface area contributed by atoms with Crippen molar-refractivity contribution in [3.63, 3.8) is 0 Å². The summed E-state index contributed by atoms with van der Waals surface area (Å²) in [5.74, 6) is 0.303. The first-order valence-electron chi connectivity index (χ1n) is 10.4. The Balaban J connectivity index is 1.45. The van der Waals surface area contributed by atoms with E-state index in [4.69, 9.17) is 5.73 Å². The Hall–Kier alpha value is -3.47. The van der Waals surface area contributed by atoms with E-state index in [1.54, 1.807) is 6.20 Å². The van der Waals surface area contributed by atoms with Crippen LogP contribution in [0.4, 0.5) is 22.1 Å². The number of urea groups is 1. The van der Waals surface area contributed by atoms with Crippen LogP contribution in [0.1, 0.15) is 30.3 Å². The van der Waals surface area contributed by atoms with Crippen molar-refractivity contribution in [2.45, 2.75) is 30.7 Å². The number of nitrogens with zero attached hydrogens (tertiary/aromatic N) is 3. The fraction of sp³-hybridized carbons (Fsp3) is 0.333. The number of piperidine rings is 1. The molecule has 3 amide bonds. The number of primary amides is 1. The van der Waals surface area contributed by atoms with E-state index < -0.39 is 10.8 Å². The molecule has 168 valence electrons. The van der Waals surface area contributed by atoms with E-state index in [2.05, 4.69) is 35.5 Å². The van der Waals surface area contributed by atoms with Crippen LogP contribution in [0.25, 0.3) is 0 Å². The quantitative estimate of drug-likeness (QED) is 0.419. The van der Waals surface area contributed by atoms with Crippen LogP contribution in [0.2, 0.25) is 0 Å². The lowest BCUT2D eigenvalue weighted by atomic mass is 10.1. The molecule has 1 unspecified atom stereocenters. The minimum Gasteiger partial charge on any atom is -0.364 e. The Morgan fingerprint density at radius 3 is 2.84 bits per heavy atom. The van der Waals surface area contributed by atoms with Crippen molar-refractivity contribution >= 4 is 41.2 Å². The lowest BCUT2D eigenvalue weighted by Gasteiger charge is -2.34. The molecule has 2 atom stereocenters. The smallest absolute Gasteiger partial charge is 0.319 e. The first kappa shape index (κ1) is 21.8. The highest BCUT2D eigenvalue weighted by molar-refractivity contribution is 7.99. The summed E-state index contributed by atoms with van der Waals surface area (Å²) in [6, 6.07) is 9.02. The molecule has 2 aliphatic heterocycles. The third-order valence-electron chi connectivity index (χ3n) is 5.21. The minimum absolute atomic E-state index is 0.0449. The Morgan fingerprint density at radius 2 is 2.12 bits per heavy atom. The Morgan fingerprint density at radius 1 is 1.31 bits per heavy atom. The fourth-order valence-corrected chi connectivity index (χ4v) is 4.33. The van der Waals surface area contributed by atoms with Gasteiger partial charge in [0.15, 0.2) is 11.5 Å². The summed E-state index contributed by atoms with van der Waals surface area (Å²) >= 11 is 1.45. The van der Waals surface area contributed by atoms with Gasteiger partial charge in [-0.3, -0.25) is 4.79 Å². The van der Waals surface area contributed by atoms with Crippen molar-refractivity contribution in [3.8, 4) is 0 Å². The molecule has 32 heavy (non-hydrogen) atoms. The zero-order valence-corrected chi connectivity index (χ0v) is 18.5. The van der Waals surface area contributed by atoms with Crippen LogP contribution in [0.3, 0.4) is 0 Å². The maximum atomic E-state index is 12.4. The number of nitrogens with one attached hydrogen (secondary N) is 4. The van der Waals surface area contributed by atoms with E-state index in [-0.39, 0.29) is 17.8 Å². The second-order valence-electron chi connectivity index (χ2n) is 7.82. The standard InChI is InChI=1S/C21H26N8O2S/c1-21(9-10-24-32-21)28-19-17(18(22)30)23-12-16(27-19)29-11-5-8-15(13-29)26-20(31)25-14-6-3-2-4-7-14/h2-4,6-7,9-10,12,15,24H,5,8,11,13H2,1H3,(H2,22,30)(H,27,28)(H2,25,26,31)/t15-,21?/m1/s1. The summed E-state index contributed by atoms with van der Waals surface area (Å²) < 4.78 is 3.05. The average Bonchev–Trinajstić information content (AvgIpc) is 3.20. The number of carbonyl (C=O) groups excluding carboxylic acids is 2. The fourth-order valence-electron chi connectivity index (χ4n) is 3.66. The monoisotopic (exact) mass is 454 g/mol. The number of aromatic nitrogens is 2. The maximum absolute atomic E-state index is 12.4. The largest absolute Gasteiger partial charge is 0.364 e. The molecule has 3 heterocycles. The Bertz CT molecular complexity index is 1020. The second kappa shape index (κ2) is 9.35. The van der Waals surface area contributed by atoms with Gasteiger partial charge in [0.2, 0.25) is 0 Å². The van der Waals surface area contributed by atoms with Gasteiger partial charge >= 0.3 is 6.03 Å². The molecular formula is C21H26N8O2S. The summed E-state index contributed by atoms with van der Waals surface area (Å²) in [5, 5.41) is 9.12. The molecule has 6 N–H and O–H groups in total. The third kappa shape index (κ3) is 5.22. The molecule has 0 bridgehead atoms. The van der Waals surface area contributed by atoms with Crippen molar-refractivity contribution in [3.05, 3.63) is 54.5 Å². The lowest BCUT2D eigenvalue weighted by Crippen LogP contribution is -2.49. The van der Waals surface area contributed by atoms with Crippen molar-refractivity contribution < 1.29 is 9.59 Å². The van der Waals surface area contributed by atoms with Gasteiger partial charge in [-0.2, -0.15) is 0 Å². The topological polar surface area (TPSA) is 137 Å². The van der Waals surface area contributed by atoms with Crippen LogP contribution in [-0.4, -0.2) is 45.9 Å². The molecule has 1 aromatic carbocycles. The molecule has 11 heteroatoms. The highest BCUT2D eigenvalue weighted by atomic mass is 32.2. The van der Waals surface area contributed by atoms with Gasteiger partial charge < -0.3 is 31.3 Å². The van der Waals surface area contributed by atoms with Crippen molar-refractivity contribution in [1.82, 2.24) is 20.0 Å². The molecule has 2 aromatic rings. The third-order valence-corrected chi connectivity index (χ3v) is 6.13. The number of nitrogens with two attached hydrogens (primary N) is 1. The van der Waals surface area contributed by atoms with E-state index >= 15 is 0 Å². The zero-order valence-electron chi connectivity index (χ0n) is 17.7. The number of anilines is 3. The molecule has 0 aliphatic carbocycles. The number of hydrogen-bond donors (Lipinski definition) is 5. The second-order valence-corrected chi connectivity index (χ2v) is 9.11. The molecule has 0 spiro atoms. The molecule has 0 saturated carbocycles. The summed E-state index contributed by atoms with van der Waals surface area (Å²) in [7, 11) is 0. The van der Waals surface area contributed by atoms with Gasteiger partial charge in [-0.05, 0) is 49.9 Å². The number of amides is 3. The highest BCUT2D eigenvalue weighted by Crippen LogP contribution is 2.31. The van der Waals surface area contributed by atoms with Gasteiger partial charge in [0.05, 0.1) is 6.20 Å². The highest BCUT2D eigenvalue weighted by Gasteiger charge is 2.29. The molecule has 1 aromatic heterocycles. The van der Waals surface area contributed by atoms with Crippen LogP contribution in [0.15, 0.2) is 48.8 Å². The van der Waals surface area contributed by atoms with Crippen LogP contribution in [0.5, 0.6) is 0 Å². The Kier molecular flexibility index (Phi) is 6.35. The molecule has 0 radical (unpaired) electrons. The first-order valence-corrected chi connectivity index (χ1v) is 11.2. The van der Waals surface area contributed by atoms with Gasteiger partial charge in [-0.1, -0.05) is 18.2 Å². The van der Waals surface area contributed by atoms with Crippen LogP contribution in [-0.2, 0) is 0 Å². The predicted octanol–water partition coefficient (Wildman–Crippen LogP) is 2.26. The first-order chi connectivity index (χ1) is 15.4. The van der Waals surface area contributed by atoms with Gasteiger partial charge in [0, 0.05) is 31.0 Å².